The maximum atomic E-state index is 13.0. The average Bonchev–Trinajstić information content (AvgIpc) is 2.66. The molecule has 0 aliphatic carbocycles. The van der Waals surface area contributed by atoms with Crippen LogP contribution in [0.3, 0.4) is 0 Å². The second-order valence-electron chi connectivity index (χ2n) is 6.54. The minimum atomic E-state index is -4.84. The standard InChI is InChI=1S/C20H17F4NO3/c21-16-8-6-13(7-9-16)19(27)25-10-2-4-15(12-25)18(26)14-3-1-5-17(11-14)28-20(22,23)24/h1,3,5-9,11,15H,2,4,10,12H2. The Bertz CT molecular complexity index is 864. The Kier molecular flexibility index (Phi) is 5.67. The van der Waals surface area contributed by atoms with Gasteiger partial charge in [0.05, 0.1) is 0 Å². The van der Waals surface area contributed by atoms with E-state index < -0.39 is 23.8 Å². The van der Waals surface area contributed by atoms with E-state index in [1.54, 1.807) is 0 Å². The van der Waals surface area contributed by atoms with Crippen LogP contribution in [0.25, 0.3) is 0 Å². The summed E-state index contributed by atoms with van der Waals surface area (Å²) in [4.78, 5) is 26.8. The molecular weight excluding hydrogens is 378 g/mol. The van der Waals surface area contributed by atoms with Crippen LogP contribution < -0.4 is 4.74 Å². The molecule has 1 saturated heterocycles. The number of hydrogen-bond donors (Lipinski definition) is 0. The van der Waals surface area contributed by atoms with Gasteiger partial charge in [0.25, 0.3) is 5.91 Å². The monoisotopic (exact) mass is 395 g/mol. The van der Waals surface area contributed by atoms with E-state index in [0.29, 0.717) is 24.9 Å². The predicted octanol–water partition coefficient (Wildman–Crippen LogP) is 4.46. The number of halogens is 4. The molecule has 4 nitrogen and oxygen atoms in total. The lowest BCUT2D eigenvalue weighted by molar-refractivity contribution is -0.274. The lowest BCUT2D eigenvalue weighted by Crippen LogP contribution is -2.42. The summed E-state index contributed by atoms with van der Waals surface area (Å²) in [5.74, 6) is -2.10. The van der Waals surface area contributed by atoms with Gasteiger partial charge < -0.3 is 9.64 Å². The molecule has 8 heteroatoms. The van der Waals surface area contributed by atoms with Crippen LogP contribution in [0.1, 0.15) is 33.6 Å². The van der Waals surface area contributed by atoms with Gasteiger partial charge in [-0.1, -0.05) is 12.1 Å². The highest BCUT2D eigenvalue weighted by Gasteiger charge is 2.32. The predicted molar refractivity (Wildman–Crippen MR) is 92.5 cm³/mol. The van der Waals surface area contributed by atoms with Gasteiger partial charge in [-0.25, -0.2) is 4.39 Å². The summed E-state index contributed by atoms with van der Waals surface area (Å²) in [6.07, 6.45) is -3.73. The van der Waals surface area contributed by atoms with E-state index in [2.05, 4.69) is 4.74 Å². The van der Waals surface area contributed by atoms with Gasteiger partial charge in [-0.2, -0.15) is 0 Å². The number of hydrogen-bond acceptors (Lipinski definition) is 3. The number of ether oxygens (including phenoxy) is 1. The second-order valence-corrected chi connectivity index (χ2v) is 6.54. The minimum absolute atomic E-state index is 0.0998. The van der Waals surface area contributed by atoms with Gasteiger partial charge >= 0.3 is 6.36 Å². The van der Waals surface area contributed by atoms with Crippen molar-refractivity contribution < 1.29 is 31.9 Å². The third-order valence-corrected chi connectivity index (χ3v) is 4.52. The Balaban J connectivity index is 1.71. The third-order valence-electron chi connectivity index (χ3n) is 4.52. The number of likely N-dealkylation sites (tertiary alicyclic amines) is 1. The maximum Gasteiger partial charge on any atom is 0.573 e. The normalized spacial score (nSPS) is 17.3. The van der Waals surface area contributed by atoms with Crippen molar-refractivity contribution in [3.05, 3.63) is 65.5 Å². The highest BCUT2D eigenvalue weighted by molar-refractivity contribution is 5.99. The van der Waals surface area contributed by atoms with Crippen LogP contribution in [0.5, 0.6) is 5.75 Å². The molecular formula is C20H17F4NO3. The number of ketones is 1. The molecule has 2 aromatic rings. The van der Waals surface area contributed by atoms with Gasteiger partial charge in [0.2, 0.25) is 0 Å². The van der Waals surface area contributed by atoms with Crippen LogP contribution in [-0.4, -0.2) is 36.0 Å². The van der Waals surface area contributed by atoms with Gasteiger partial charge in [-0.3, -0.25) is 9.59 Å². The summed E-state index contributed by atoms with van der Waals surface area (Å²) in [6.45, 7) is 0.608. The molecule has 1 fully saturated rings. The van der Waals surface area contributed by atoms with Crippen LogP contribution in [-0.2, 0) is 0 Å². The van der Waals surface area contributed by atoms with Crippen molar-refractivity contribution >= 4 is 11.7 Å². The molecule has 1 heterocycles. The number of carbonyl (C=O) groups excluding carboxylic acids is 2. The Hall–Kier alpha value is -2.90. The van der Waals surface area contributed by atoms with Crippen LogP contribution in [0.2, 0.25) is 0 Å². The van der Waals surface area contributed by atoms with E-state index >= 15 is 0 Å². The first kappa shape index (κ1) is 19.9. The number of Topliss-reactive ketones (excluding diaryl/α,β-unsaturated/α-hetero) is 1. The number of nitrogens with zero attached hydrogens (tertiary/aromatic N) is 1. The lowest BCUT2D eigenvalue weighted by Gasteiger charge is -2.32. The molecule has 0 saturated carbocycles. The van der Waals surface area contributed by atoms with Crippen LogP contribution >= 0.6 is 0 Å². The van der Waals surface area contributed by atoms with E-state index in [4.69, 9.17) is 0 Å². The molecule has 0 bridgehead atoms. The molecule has 1 amide bonds. The first-order valence-electron chi connectivity index (χ1n) is 8.68. The quantitative estimate of drug-likeness (QED) is 0.567. The van der Waals surface area contributed by atoms with Crippen molar-refractivity contribution in [1.29, 1.82) is 0 Å². The van der Waals surface area contributed by atoms with Crippen molar-refractivity contribution in [2.45, 2.75) is 19.2 Å². The second kappa shape index (κ2) is 8.00. The highest BCUT2D eigenvalue weighted by Crippen LogP contribution is 2.27. The molecule has 0 aromatic heterocycles. The molecule has 1 unspecified atom stereocenters. The minimum Gasteiger partial charge on any atom is -0.406 e. The van der Waals surface area contributed by atoms with Crippen LogP contribution in [0.15, 0.2) is 48.5 Å². The summed E-state index contributed by atoms with van der Waals surface area (Å²) >= 11 is 0. The van der Waals surface area contributed by atoms with Crippen LogP contribution in [0.4, 0.5) is 17.6 Å². The number of carbonyl (C=O) groups is 2. The van der Waals surface area contributed by atoms with Crippen molar-refractivity contribution in [3.63, 3.8) is 0 Å². The molecule has 3 rings (SSSR count). The van der Waals surface area contributed by atoms with E-state index in [1.807, 2.05) is 0 Å². The summed E-state index contributed by atoms with van der Waals surface area (Å²) in [7, 11) is 0. The van der Waals surface area contributed by atoms with E-state index in [0.717, 1.165) is 12.1 Å². The Morgan fingerprint density at radius 1 is 1.04 bits per heavy atom. The first-order chi connectivity index (χ1) is 13.2. The zero-order valence-corrected chi connectivity index (χ0v) is 14.7. The zero-order chi connectivity index (χ0) is 20.3. The van der Waals surface area contributed by atoms with Gasteiger partial charge in [-0.15, -0.1) is 13.2 Å². The molecule has 1 aliphatic heterocycles. The number of rotatable bonds is 4. The maximum absolute atomic E-state index is 13.0. The van der Waals surface area contributed by atoms with Gasteiger partial charge in [-0.05, 0) is 49.2 Å². The Morgan fingerprint density at radius 3 is 2.43 bits per heavy atom. The summed E-state index contributed by atoms with van der Waals surface area (Å²) < 4.78 is 54.0. The van der Waals surface area contributed by atoms with Crippen molar-refractivity contribution in [2.75, 3.05) is 13.1 Å². The van der Waals surface area contributed by atoms with Crippen molar-refractivity contribution in [3.8, 4) is 5.75 Å². The number of benzene rings is 2. The Labute approximate surface area is 158 Å². The lowest BCUT2D eigenvalue weighted by atomic mass is 9.89. The summed E-state index contributed by atoms with van der Waals surface area (Å²) in [5.41, 5.74) is 0.415. The van der Waals surface area contributed by atoms with Gasteiger partial charge in [0.1, 0.15) is 11.6 Å². The fourth-order valence-electron chi connectivity index (χ4n) is 3.23. The molecule has 0 N–H and O–H groups in total. The number of piperidine rings is 1. The average molecular weight is 395 g/mol. The largest absolute Gasteiger partial charge is 0.573 e. The summed E-state index contributed by atoms with van der Waals surface area (Å²) in [5, 5.41) is 0. The SMILES string of the molecule is O=C(c1cccc(OC(F)(F)F)c1)C1CCCN(C(=O)c2ccc(F)cc2)C1. The molecule has 2 aromatic carbocycles. The zero-order valence-electron chi connectivity index (χ0n) is 14.7. The molecule has 148 valence electrons. The molecule has 1 atom stereocenters. The number of alkyl halides is 3. The van der Waals surface area contributed by atoms with E-state index in [9.17, 15) is 27.2 Å². The highest BCUT2D eigenvalue weighted by atomic mass is 19.4. The Morgan fingerprint density at radius 2 is 1.75 bits per heavy atom. The molecule has 1 aliphatic rings. The van der Waals surface area contributed by atoms with E-state index in [1.165, 1.54) is 41.3 Å². The van der Waals surface area contributed by atoms with Crippen molar-refractivity contribution in [1.82, 2.24) is 4.90 Å². The smallest absolute Gasteiger partial charge is 0.406 e. The molecule has 0 radical (unpaired) electrons. The van der Waals surface area contributed by atoms with Gasteiger partial charge in [0.15, 0.2) is 5.78 Å². The van der Waals surface area contributed by atoms with Crippen LogP contribution in [0, 0.1) is 11.7 Å². The fraction of sp³-hybridized carbons (Fsp3) is 0.300. The first-order valence-corrected chi connectivity index (χ1v) is 8.68. The van der Waals surface area contributed by atoms with Gasteiger partial charge in [0, 0.05) is 30.1 Å². The topological polar surface area (TPSA) is 46.6 Å². The summed E-state index contributed by atoms with van der Waals surface area (Å²) in [6, 6.07) is 10.0. The van der Waals surface area contributed by atoms with E-state index in [-0.39, 0.29) is 23.8 Å². The van der Waals surface area contributed by atoms with Crippen molar-refractivity contribution in [2.24, 2.45) is 5.92 Å². The fourth-order valence-corrected chi connectivity index (χ4v) is 3.23. The number of amides is 1. The third kappa shape index (κ3) is 4.88. The molecule has 0 spiro atoms. The molecule has 28 heavy (non-hydrogen) atoms.